The average molecular weight is 685 g/mol. The maximum atomic E-state index is 13.0. The molecule has 0 aliphatic carbocycles. The van der Waals surface area contributed by atoms with Gasteiger partial charge in [-0.2, -0.15) is 5.01 Å². The summed E-state index contributed by atoms with van der Waals surface area (Å²) in [6, 6.07) is 17.5. The summed E-state index contributed by atoms with van der Waals surface area (Å²) in [5.74, 6) is 0.230. The molecule has 1 fully saturated rings. The molecule has 1 aliphatic heterocycles. The molecule has 6 nitrogen and oxygen atoms in total. The van der Waals surface area contributed by atoms with E-state index >= 15 is 0 Å². The number of hydrazine groups is 1. The number of thiocarbonyl (C=S) groups is 1. The fraction of sp³-hybridized carbons (Fsp3) is 0.115. The van der Waals surface area contributed by atoms with Crippen LogP contribution in [-0.4, -0.2) is 27.8 Å². The molecule has 0 spiro atoms. The number of rotatable bonds is 8. The van der Waals surface area contributed by atoms with Crippen LogP contribution in [0.4, 0.5) is 0 Å². The largest absolute Gasteiger partial charge is 0.490 e. The van der Waals surface area contributed by atoms with Gasteiger partial charge in [0.1, 0.15) is 6.61 Å². The molecule has 1 aliphatic rings. The number of halogens is 3. The summed E-state index contributed by atoms with van der Waals surface area (Å²) in [5, 5.41) is 2.20. The molecule has 190 valence electrons. The van der Waals surface area contributed by atoms with Gasteiger partial charge in [0.15, 0.2) is 15.8 Å². The van der Waals surface area contributed by atoms with Crippen LogP contribution in [0.15, 0.2) is 65.6 Å². The van der Waals surface area contributed by atoms with Crippen LogP contribution in [0.25, 0.3) is 6.08 Å². The Labute approximate surface area is 247 Å². The Bertz CT molecular complexity index is 1400. The molecule has 0 radical (unpaired) electrons. The number of ether oxygens (including phenoxy) is 2. The van der Waals surface area contributed by atoms with Crippen molar-refractivity contribution in [2.75, 3.05) is 6.61 Å². The maximum absolute atomic E-state index is 13.0. The monoisotopic (exact) mass is 684 g/mol. The van der Waals surface area contributed by atoms with Gasteiger partial charge in [-0.3, -0.25) is 15.0 Å². The predicted molar refractivity (Wildman–Crippen MR) is 160 cm³/mol. The Hall–Kier alpha value is -2.31. The SMILES string of the molecule is CCOc1cc(/C=C2/SC(=S)N(NC(=O)c3ccc(Cl)cc3)C2=O)cc(I)c1OCc1ccccc1Cl. The van der Waals surface area contributed by atoms with Crippen LogP contribution in [0.5, 0.6) is 11.5 Å². The van der Waals surface area contributed by atoms with Crippen LogP contribution < -0.4 is 14.9 Å². The lowest BCUT2D eigenvalue weighted by Crippen LogP contribution is -2.44. The number of nitrogens with zero attached hydrogens (tertiary/aromatic N) is 1. The van der Waals surface area contributed by atoms with Crippen LogP contribution in [0.3, 0.4) is 0 Å². The van der Waals surface area contributed by atoms with E-state index in [0.717, 1.165) is 31.5 Å². The molecular weight excluding hydrogens is 666 g/mol. The third kappa shape index (κ3) is 6.77. The molecule has 37 heavy (non-hydrogen) atoms. The number of hydrogen-bond donors (Lipinski definition) is 1. The molecule has 4 rings (SSSR count). The first-order chi connectivity index (χ1) is 17.8. The lowest BCUT2D eigenvalue weighted by molar-refractivity contribution is -0.123. The topological polar surface area (TPSA) is 67.9 Å². The Morgan fingerprint density at radius 1 is 1.14 bits per heavy atom. The van der Waals surface area contributed by atoms with Crippen molar-refractivity contribution in [1.82, 2.24) is 10.4 Å². The zero-order chi connectivity index (χ0) is 26.5. The molecule has 3 aromatic carbocycles. The van der Waals surface area contributed by atoms with E-state index in [2.05, 4.69) is 28.0 Å². The minimum Gasteiger partial charge on any atom is -0.490 e. The highest BCUT2D eigenvalue weighted by Gasteiger charge is 2.34. The van der Waals surface area contributed by atoms with Crippen molar-refractivity contribution in [3.8, 4) is 11.5 Å². The Balaban J connectivity index is 1.53. The highest BCUT2D eigenvalue weighted by Crippen LogP contribution is 2.38. The van der Waals surface area contributed by atoms with Gasteiger partial charge in [-0.05, 0) is 95.8 Å². The van der Waals surface area contributed by atoms with Crippen molar-refractivity contribution >= 4 is 92.0 Å². The molecule has 3 aromatic rings. The van der Waals surface area contributed by atoms with Crippen LogP contribution in [0.1, 0.15) is 28.4 Å². The Kier molecular flexibility index (Phi) is 9.36. The van der Waals surface area contributed by atoms with Gasteiger partial charge < -0.3 is 9.47 Å². The number of amides is 2. The lowest BCUT2D eigenvalue weighted by atomic mass is 10.1. The second-order valence-electron chi connectivity index (χ2n) is 7.61. The van der Waals surface area contributed by atoms with E-state index in [4.69, 9.17) is 44.9 Å². The fourth-order valence-corrected chi connectivity index (χ4v) is 5.60. The molecule has 1 N–H and O–H groups in total. The van der Waals surface area contributed by atoms with E-state index in [1.807, 2.05) is 37.3 Å². The minimum absolute atomic E-state index is 0.220. The zero-order valence-electron chi connectivity index (χ0n) is 19.3. The summed E-state index contributed by atoms with van der Waals surface area (Å²) < 4.78 is 12.9. The van der Waals surface area contributed by atoms with Crippen molar-refractivity contribution in [3.63, 3.8) is 0 Å². The molecule has 0 atom stereocenters. The molecule has 1 saturated heterocycles. The van der Waals surface area contributed by atoms with E-state index in [1.165, 1.54) is 0 Å². The van der Waals surface area contributed by atoms with Crippen molar-refractivity contribution < 1.29 is 19.1 Å². The molecule has 11 heteroatoms. The van der Waals surface area contributed by atoms with Crippen molar-refractivity contribution in [2.24, 2.45) is 0 Å². The minimum atomic E-state index is -0.470. The molecule has 1 heterocycles. The van der Waals surface area contributed by atoms with Crippen LogP contribution in [0, 0.1) is 3.57 Å². The van der Waals surface area contributed by atoms with E-state index in [1.54, 1.807) is 36.4 Å². The quantitative estimate of drug-likeness (QED) is 0.155. The van der Waals surface area contributed by atoms with Gasteiger partial charge in [-0.25, -0.2) is 0 Å². The second-order valence-corrected chi connectivity index (χ2v) is 11.3. The first-order valence-electron chi connectivity index (χ1n) is 10.9. The Morgan fingerprint density at radius 3 is 2.57 bits per heavy atom. The molecule has 0 unspecified atom stereocenters. The van der Waals surface area contributed by atoms with Gasteiger partial charge in [0.2, 0.25) is 0 Å². The molecule has 0 bridgehead atoms. The van der Waals surface area contributed by atoms with E-state index < -0.39 is 11.8 Å². The predicted octanol–water partition coefficient (Wildman–Crippen LogP) is 7.12. The molecule has 0 saturated carbocycles. The average Bonchev–Trinajstić information content (AvgIpc) is 3.12. The molecule has 0 aromatic heterocycles. The third-order valence-corrected chi connectivity index (χ3v) is 7.80. The summed E-state index contributed by atoms with van der Waals surface area (Å²) in [6.45, 7) is 2.59. The second kappa shape index (κ2) is 12.5. The highest BCUT2D eigenvalue weighted by molar-refractivity contribution is 14.1. The number of carbonyl (C=O) groups excluding carboxylic acids is 2. The summed E-state index contributed by atoms with van der Waals surface area (Å²) >= 11 is 20.7. The first kappa shape index (κ1) is 27.7. The van der Waals surface area contributed by atoms with Crippen LogP contribution in [-0.2, 0) is 11.4 Å². The smallest absolute Gasteiger partial charge is 0.285 e. The van der Waals surface area contributed by atoms with Crippen LogP contribution in [0.2, 0.25) is 10.0 Å². The van der Waals surface area contributed by atoms with Gasteiger partial charge >= 0.3 is 0 Å². The summed E-state index contributed by atoms with van der Waals surface area (Å²) in [6.07, 6.45) is 1.70. The number of nitrogens with one attached hydrogen (secondary N) is 1. The number of carbonyl (C=O) groups is 2. The molecule has 2 amide bonds. The van der Waals surface area contributed by atoms with E-state index in [-0.39, 0.29) is 10.9 Å². The highest BCUT2D eigenvalue weighted by atomic mass is 127. The van der Waals surface area contributed by atoms with E-state index in [0.29, 0.717) is 38.6 Å². The number of benzene rings is 3. The van der Waals surface area contributed by atoms with Crippen LogP contribution >= 0.6 is 69.8 Å². The lowest BCUT2D eigenvalue weighted by Gasteiger charge is -2.16. The Morgan fingerprint density at radius 2 is 1.86 bits per heavy atom. The van der Waals surface area contributed by atoms with Gasteiger partial charge in [0, 0.05) is 21.2 Å². The zero-order valence-corrected chi connectivity index (χ0v) is 24.6. The maximum Gasteiger partial charge on any atom is 0.285 e. The van der Waals surface area contributed by atoms with Crippen molar-refractivity contribution in [2.45, 2.75) is 13.5 Å². The third-order valence-electron chi connectivity index (χ3n) is 5.07. The number of hydrogen-bond acceptors (Lipinski definition) is 6. The van der Waals surface area contributed by atoms with Gasteiger partial charge in [-0.15, -0.1) is 0 Å². The normalized spacial score (nSPS) is 14.3. The van der Waals surface area contributed by atoms with Gasteiger partial charge in [-0.1, -0.05) is 53.2 Å². The number of thioether (sulfide) groups is 1. The van der Waals surface area contributed by atoms with Crippen molar-refractivity contribution in [3.05, 3.63) is 95.9 Å². The van der Waals surface area contributed by atoms with Gasteiger partial charge in [0.05, 0.1) is 15.1 Å². The first-order valence-corrected chi connectivity index (χ1v) is 14.0. The fourth-order valence-electron chi connectivity index (χ4n) is 3.32. The summed E-state index contributed by atoms with van der Waals surface area (Å²) in [4.78, 5) is 26.0. The summed E-state index contributed by atoms with van der Waals surface area (Å²) in [5.41, 5.74) is 4.50. The van der Waals surface area contributed by atoms with E-state index in [9.17, 15) is 9.59 Å². The van der Waals surface area contributed by atoms with Gasteiger partial charge in [0.25, 0.3) is 11.8 Å². The standard InChI is InChI=1S/C26H19Cl2IN2O4S2/c1-2-34-21-12-15(11-20(29)23(21)35-14-17-5-3-4-6-19(17)28)13-22-25(33)31(26(36)37-22)30-24(32)16-7-9-18(27)10-8-16/h3-13H,2,14H2,1H3,(H,30,32)/b22-13+. The van der Waals surface area contributed by atoms with Crippen molar-refractivity contribution in [1.29, 1.82) is 0 Å². The molecular formula is C26H19Cl2IN2O4S2. The summed E-state index contributed by atoms with van der Waals surface area (Å²) in [7, 11) is 0.